The molecule has 0 bridgehead atoms. The number of nitrogens with two attached hydrogens (primary N) is 1. The zero-order valence-corrected chi connectivity index (χ0v) is 19.2. The molecule has 0 spiro atoms. The predicted octanol–water partition coefficient (Wildman–Crippen LogP) is 5.29. The summed E-state index contributed by atoms with van der Waals surface area (Å²) in [5, 5.41) is 13.0. The van der Waals surface area contributed by atoms with Crippen LogP contribution in [0.2, 0.25) is 5.02 Å². The number of urea groups is 1. The normalized spacial score (nSPS) is 11.4. The molecule has 0 radical (unpaired) electrons. The Balaban J connectivity index is 1.84. The first-order valence-electron chi connectivity index (χ1n) is 10.2. The van der Waals surface area contributed by atoms with Gasteiger partial charge in [0.05, 0.1) is 22.0 Å². The Labute approximate surface area is 196 Å². The van der Waals surface area contributed by atoms with Gasteiger partial charge in [-0.05, 0) is 48.7 Å². The molecule has 0 saturated carbocycles. The highest BCUT2D eigenvalue weighted by Gasteiger charge is 2.21. The van der Waals surface area contributed by atoms with Crippen LogP contribution in [0.25, 0.3) is 0 Å². The van der Waals surface area contributed by atoms with Crippen LogP contribution in [0.5, 0.6) is 0 Å². The molecular formula is C24H25ClN6O2. The third kappa shape index (κ3) is 5.67. The molecule has 0 aliphatic rings. The van der Waals surface area contributed by atoms with Crippen molar-refractivity contribution < 1.29 is 9.59 Å². The van der Waals surface area contributed by atoms with Crippen molar-refractivity contribution in [3.8, 4) is 0 Å². The molecule has 1 heterocycles. The molecule has 6 N–H and O–H groups in total. The molecule has 0 saturated heterocycles. The quantitative estimate of drug-likeness (QED) is 0.184. The van der Waals surface area contributed by atoms with Crippen molar-refractivity contribution in [1.82, 2.24) is 4.98 Å². The number of nitrogens with zero attached hydrogens (tertiary/aromatic N) is 1. The monoisotopic (exact) mass is 464 g/mol. The Bertz CT molecular complexity index is 1250. The summed E-state index contributed by atoms with van der Waals surface area (Å²) < 4.78 is 0. The van der Waals surface area contributed by atoms with E-state index in [1.807, 2.05) is 26.8 Å². The van der Waals surface area contributed by atoms with Gasteiger partial charge >= 0.3 is 6.03 Å². The lowest BCUT2D eigenvalue weighted by atomic mass is 10.0. The number of anilines is 2. The number of benzene rings is 2. The topological polar surface area (TPSA) is 136 Å². The Morgan fingerprint density at radius 2 is 1.91 bits per heavy atom. The van der Waals surface area contributed by atoms with Crippen LogP contribution in [0, 0.1) is 12.3 Å². The van der Waals surface area contributed by atoms with Gasteiger partial charge in [0.1, 0.15) is 12.2 Å². The lowest BCUT2D eigenvalue weighted by molar-refractivity contribution is 0.103. The highest BCUT2D eigenvalue weighted by molar-refractivity contribution is 6.33. The minimum atomic E-state index is -0.489. The van der Waals surface area contributed by atoms with Gasteiger partial charge in [-0.2, -0.15) is 0 Å². The number of ketones is 1. The minimum Gasteiger partial charge on any atom is -0.382 e. The van der Waals surface area contributed by atoms with Crippen LogP contribution in [0.4, 0.5) is 16.2 Å². The molecule has 0 fully saturated rings. The number of aryl methyl sites for hydroxylation is 1. The van der Waals surface area contributed by atoms with Gasteiger partial charge in [-0.1, -0.05) is 43.6 Å². The van der Waals surface area contributed by atoms with Crippen molar-refractivity contribution in [2.45, 2.75) is 26.7 Å². The maximum Gasteiger partial charge on any atom is 0.323 e. The van der Waals surface area contributed by atoms with Gasteiger partial charge < -0.3 is 21.4 Å². The number of amidine groups is 1. The van der Waals surface area contributed by atoms with Gasteiger partial charge in [-0.25, -0.2) is 9.79 Å². The van der Waals surface area contributed by atoms with E-state index in [4.69, 9.17) is 22.7 Å². The first kappa shape index (κ1) is 23.7. The summed E-state index contributed by atoms with van der Waals surface area (Å²) in [6.07, 6.45) is 0.822. The van der Waals surface area contributed by atoms with Crippen LogP contribution in [0.3, 0.4) is 0 Å². The van der Waals surface area contributed by atoms with Gasteiger partial charge in [0.15, 0.2) is 5.78 Å². The zero-order chi connectivity index (χ0) is 24.1. The number of hydrogen-bond acceptors (Lipinski definition) is 3. The largest absolute Gasteiger partial charge is 0.382 e. The average Bonchev–Trinajstić information content (AvgIpc) is 3.21. The molecule has 0 aliphatic carbocycles. The second-order valence-electron chi connectivity index (χ2n) is 7.78. The van der Waals surface area contributed by atoms with Crippen molar-refractivity contribution in [2.24, 2.45) is 10.7 Å². The molecule has 3 aromatic rings. The molecule has 0 aliphatic heterocycles. The Morgan fingerprint density at radius 3 is 2.58 bits per heavy atom. The molecule has 8 nitrogen and oxygen atoms in total. The summed E-state index contributed by atoms with van der Waals surface area (Å²) in [6.45, 7) is 5.87. The molecule has 9 heteroatoms. The molecule has 2 amide bonds. The van der Waals surface area contributed by atoms with E-state index in [-0.39, 0.29) is 17.5 Å². The van der Waals surface area contributed by atoms with E-state index in [9.17, 15) is 9.59 Å². The van der Waals surface area contributed by atoms with Crippen molar-refractivity contribution in [2.75, 3.05) is 10.6 Å². The second kappa shape index (κ2) is 10.1. The molecule has 0 atom stereocenters. The molecule has 0 unspecified atom stereocenters. The predicted molar refractivity (Wildman–Crippen MR) is 133 cm³/mol. The van der Waals surface area contributed by atoms with Gasteiger partial charge in [0, 0.05) is 16.9 Å². The SMILES string of the molecule is Cc1ccc(NC(=O)Nc2cccc(C(=O)c3cc(C(C)C)[nH]c3C(N)=NC=N)c2)c(Cl)c1. The number of rotatable bonds is 7. The molecule has 3 rings (SSSR count). The highest BCUT2D eigenvalue weighted by Crippen LogP contribution is 2.24. The summed E-state index contributed by atoms with van der Waals surface area (Å²) in [5.74, 6) is -0.117. The third-order valence-corrected chi connectivity index (χ3v) is 5.23. The Morgan fingerprint density at radius 1 is 1.15 bits per heavy atom. The zero-order valence-electron chi connectivity index (χ0n) is 18.5. The summed E-state index contributed by atoms with van der Waals surface area (Å²) in [4.78, 5) is 32.6. The van der Waals surface area contributed by atoms with Gasteiger partial charge in [0.25, 0.3) is 0 Å². The molecule has 1 aromatic heterocycles. The van der Waals surface area contributed by atoms with E-state index >= 15 is 0 Å². The first-order chi connectivity index (χ1) is 15.7. The van der Waals surface area contributed by atoms with E-state index in [1.54, 1.807) is 42.5 Å². The number of aromatic nitrogens is 1. The van der Waals surface area contributed by atoms with Crippen molar-refractivity contribution >= 4 is 47.0 Å². The second-order valence-corrected chi connectivity index (χ2v) is 8.19. The fourth-order valence-electron chi connectivity index (χ4n) is 3.20. The first-order valence-corrected chi connectivity index (χ1v) is 10.6. The van der Waals surface area contributed by atoms with E-state index in [2.05, 4.69) is 20.6 Å². The molecular weight excluding hydrogens is 440 g/mol. The Hall–Kier alpha value is -3.91. The number of amides is 2. The molecule has 170 valence electrons. The summed E-state index contributed by atoms with van der Waals surface area (Å²) >= 11 is 6.17. The number of nitrogens with one attached hydrogen (secondary N) is 4. The van der Waals surface area contributed by atoms with E-state index in [0.29, 0.717) is 33.2 Å². The summed E-state index contributed by atoms with van der Waals surface area (Å²) in [5.41, 5.74) is 9.74. The molecule has 33 heavy (non-hydrogen) atoms. The van der Waals surface area contributed by atoms with Crippen LogP contribution >= 0.6 is 11.6 Å². The van der Waals surface area contributed by atoms with Gasteiger partial charge in [0.2, 0.25) is 0 Å². The summed E-state index contributed by atoms with van der Waals surface area (Å²) in [7, 11) is 0. The number of aliphatic imine (C=N–C) groups is 1. The van der Waals surface area contributed by atoms with Crippen molar-refractivity contribution in [3.05, 3.63) is 81.6 Å². The number of carbonyl (C=O) groups excluding carboxylic acids is 2. The van der Waals surface area contributed by atoms with E-state index < -0.39 is 6.03 Å². The lowest BCUT2D eigenvalue weighted by Gasteiger charge is -2.10. The minimum absolute atomic E-state index is 0.0453. The molecule has 2 aromatic carbocycles. The smallest absolute Gasteiger partial charge is 0.323 e. The van der Waals surface area contributed by atoms with Crippen LogP contribution < -0.4 is 16.4 Å². The van der Waals surface area contributed by atoms with Crippen LogP contribution in [0.15, 0.2) is 53.5 Å². The number of halogens is 1. The number of hydrogen-bond donors (Lipinski definition) is 5. The number of carbonyl (C=O) groups is 2. The van der Waals surface area contributed by atoms with Crippen molar-refractivity contribution in [1.29, 1.82) is 5.41 Å². The van der Waals surface area contributed by atoms with Crippen LogP contribution in [0.1, 0.15) is 52.6 Å². The fourth-order valence-corrected chi connectivity index (χ4v) is 3.48. The summed E-state index contributed by atoms with van der Waals surface area (Å²) in [6, 6.07) is 13.1. The standard InChI is InChI=1S/C24H25ClN6O2/c1-13(2)20-11-17(21(30-20)23(27)28-12-26)22(32)15-5-4-6-16(10-15)29-24(33)31-19-8-7-14(3)9-18(19)25/h4-13,30H,1-3H3,(H3,26,27,28)(H2,29,31,33). The fraction of sp³-hybridized carbons (Fsp3) is 0.167. The van der Waals surface area contributed by atoms with E-state index in [0.717, 1.165) is 17.6 Å². The number of H-pyrrole nitrogens is 1. The lowest BCUT2D eigenvalue weighted by Crippen LogP contribution is -2.20. The van der Waals surface area contributed by atoms with E-state index in [1.165, 1.54) is 0 Å². The third-order valence-electron chi connectivity index (χ3n) is 4.92. The Kier molecular flexibility index (Phi) is 7.30. The average molecular weight is 465 g/mol. The highest BCUT2D eigenvalue weighted by atomic mass is 35.5. The van der Waals surface area contributed by atoms with Crippen LogP contribution in [-0.2, 0) is 0 Å². The van der Waals surface area contributed by atoms with Gasteiger partial charge in [-0.15, -0.1) is 0 Å². The van der Waals surface area contributed by atoms with Crippen LogP contribution in [-0.4, -0.2) is 29.0 Å². The van der Waals surface area contributed by atoms with Crippen molar-refractivity contribution in [3.63, 3.8) is 0 Å². The maximum atomic E-state index is 13.3. The maximum absolute atomic E-state index is 13.3. The number of aromatic amines is 1. The van der Waals surface area contributed by atoms with Gasteiger partial charge in [-0.3, -0.25) is 10.2 Å².